The normalized spacial score (nSPS) is 15.6. The Kier molecular flexibility index (Phi) is 5.67. The average molecular weight is 387 g/mol. The monoisotopic (exact) mass is 386 g/mol. The number of hydrogen-bond donors (Lipinski definition) is 1. The van der Waals surface area contributed by atoms with Crippen LogP contribution in [-0.4, -0.2) is 31.7 Å². The molecule has 1 amide bonds. The SMILES string of the molecule is CC(C)(C(=O)NCc1ccc(S(=O)(=O)N2CCCC2)cc1)c1ccccc1. The standard InChI is InChI=1S/C21H26N2O3S/c1-21(2,18-8-4-3-5-9-18)20(24)22-16-17-10-12-19(13-11-17)27(25,26)23-14-6-7-15-23/h3-5,8-13H,6-7,14-16H2,1-2H3,(H,22,24). The van der Waals surface area contributed by atoms with Crippen LogP contribution in [0.1, 0.15) is 37.8 Å². The molecule has 0 aromatic heterocycles. The number of nitrogens with one attached hydrogen (secondary N) is 1. The molecule has 1 saturated heterocycles. The van der Waals surface area contributed by atoms with Crippen molar-refractivity contribution in [1.82, 2.24) is 9.62 Å². The number of sulfonamides is 1. The molecule has 2 aromatic carbocycles. The number of nitrogens with zero attached hydrogens (tertiary/aromatic N) is 1. The van der Waals surface area contributed by atoms with Crippen molar-refractivity contribution < 1.29 is 13.2 Å². The fourth-order valence-corrected chi connectivity index (χ4v) is 4.76. The first kappa shape index (κ1) is 19.6. The van der Waals surface area contributed by atoms with Gasteiger partial charge in [-0.05, 0) is 49.9 Å². The maximum Gasteiger partial charge on any atom is 0.243 e. The van der Waals surface area contributed by atoms with Gasteiger partial charge < -0.3 is 5.32 Å². The van der Waals surface area contributed by atoms with Gasteiger partial charge >= 0.3 is 0 Å². The Morgan fingerprint density at radius 3 is 2.19 bits per heavy atom. The number of benzene rings is 2. The molecule has 0 bridgehead atoms. The number of rotatable bonds is 6. The topological polar surface area (TPSA) is 66.5 Å². The zero-order valence-corrected chi connectivity index (χ0v) is 16.6. The number of carbonyl (C=O) groups excluding carboxylic acids is 1. The second-order valence-corrected chi connectivity index (χ2v) is 9.37. The van der Waals surface area contributed by atoms with Gasteiger partial charge in [-0.15, -0.1) is 0 Å². The lowest BCUT2D eigenvalue weighted by atomic mass is 9.84. The molecule has 3 rings (SSSR count). The molecule has 1 aliphatic heterocycles. The van der Waals surface area contributed by atoms with E-state index in [4.69, 9.17) is 0 Å². The minimum Gasteiger partial charge on any atom is -0.351 e. The lowest BCUT2D eigenvalue weighted by Gasteiger charge is -2.24. The molecule has 0 saturated carbocycles. The lowest BCUT2D eigenvalue weighted by Crippen LogP contribution is -2.39. The van der Waals surface area contributed by atoms with Gasteiger partial charge in [0.25, 0.3) is 0 Å². The molecule has 1 fully saturated rings. The summed E-state index contributed by atoms with van der Waals surface area (Å²) in [5.74, 6) is -0.0672. The number of carbonyl (C=O) groups is 1. The lowest BCUT2D eigenvalue weighted by molar-refractivity contribution is -0.125. The zero-order chi connectivity index (χ0) is 19.5. The molecule has 2 aromatic rings. The van der Waals surface area contributed by atoms with Crippen molar-refractivity contribution in [2.45, 2.75) is 43.5 Å². The fraction of sp³-hybridized carbons (Fsp3) is 0.381. The molecule has 0 aliphatic carbocycles. The van der Waals surface area contributed by atoms with Gasteiger partial charge in [0.05, 0.1) is 10.3 Å². The van der Waals surface area contributed by atoms with Crippen LogP contribution in [0.2, 0.25) is 0 Å². The summed E-state index contributed by atoms with van der Waals surface area (Å²) in [5.41, 5.74) is 1.18. The van der Waals surface area contributed by atoms with Gasteiger partial charge in [-0.25, -0.2) is 8.42 Å². The van der Waals surface area contributed by atoms with Gasteiger partial charge in [0, 0.05) is 19.6 Å². The quantitative estimate of drug-likeness (QED) is 0.830. The highest BCUT2D eigenvalue weighted by Crippen LogP contribution is 2.24. The molecule has 144 valence electrons. The second kappa shape index (κ2) is 7.82. The van der Waals surface area contributed by atoms with E-state index in [1.807, 2.05) is 44.2 Å². The largest absolute Gasteiger partial charge is 0.351 e. The Bertz CT molecular complexity index is 885. The van der Waals surface area contributed by atoms with Crippen LogP contribution >= 0.6 is 0 Å². The zero-order valence-electron chi connectivity index (χ0n) is 15.8. The molecule has 1 N–H and O–H groups in total. The Hall–Kier alpha value is -2.18. The van der Waals surface area contributed by atoms with E-state index >= 15 is 0 Å². The summed E-state index contributed by atoms with van der Waals surface area (Å²) in [6.45, 7) is 5.33. The highest BCUT2D eigenvalue weighted by Gasteiger charge is 2.29. The second-order valence-electron chi connectivity index (χ2n) is 7.43. The Labute approximate surface area is 161 Å². The molecule has 0 atom stereocenters. The molecule has 1 aliphatic rings. The van der Waals surface area contributed by atoms with Gasteiger partial charge in [-0.3, -0.25) is 4.79 Å². The van der Waals surface area contributed by atoms with Crippen molar-refractivity contribution in [3.05, 3.63) is 65.7 Å². The summed E-state index contributed by atoms with van der Waals surface area (Å²) in [4.78, 5) is 12.9. The molecule has 0 spiro atoms. The van der Waals surface area contributed by atoms with E-state index in [1.54, 1.807) is 24.3 Å². The van der Waals surface area contributed by atoms with Crippen molar-refractivity contribution in [1.29, 1.82) is 0 Å². The average Bonchev–Trinajstić information content (AvgIpc) is 3.23. The first-order chi connectivity index (χ1) is 12.8. The van der Waals surface area contributed by atoms with Crippen molar-refractivity contribution in [2.75, 3.05) is 13.1 Å². The van der Waals surface area contributed by atoms with E-state index < -0.39 is 15.4 Å². The summed E-state index contributed by atoms with van der Waals surface area (Å²) in [7, 11) is -3.40. The maximum atomic E-state index is 12.6. The van der Waals surface area contributed by atoms with Crippen molar-refractivity contribution in [3.8, 4) is 0 Å². The van der Waals surface area contributed by atoms with E-state index in [0.717, 1.165) is 24.0 Å². The molecule has 0 radical (unpaired) electrons. The first-order valence-corrected chi connectivity index (χ1v) is 10.7. The Morgan fingerprint density at radius 2 is 1.59 bits per heavy atom. The van der Waals surface area contributed by atoms with Gasteiger partial charge in [0.1, 0.15) is 0 Å². The Balaban J connectivity index is 1.64. The summed E-state index contributed by atoms with van der Waals surface area (Å²) in [6.07, 6.45) is 1.83. The van der Waals surface area contributed by atoms with Crippen LogP contribution in [-0.2, 0) is 26.8 Å². The minimum absolute atomic E-state index is 0.0672. The van der Waals surface area contributed by atoms with Gasteiger partial charge in [-0.1, -0.05) is 42.5 Å². The number of hydrogen-bond acceptors (Lipinski definition) is 3. The molecular weight excluding hydrogens is 360 g/mol. The fourth-order valence-electron chi connectivity index (χ4n) is 3.25. The summed E-state index contributed by atoms with van der Waals surface area (Å²) < 4.78 is 26.6. The summed E-state index contributed by atoms with van der Waals surface area (Å²) in [6, 6.07) is 16.4. The van der Waals surface area contributed by atoms with E-state index in [-0.39, 0.29) is 5.91 Å². The van der Waals surface area contributed by atoms with Crippen LogP contribution in [0.4, 0.5) is 0 Å². The van der Waals surface area contributed by atoms with Gasteiger partial charge in [-0.2, -0.15) is 4.31 Å². The summed E-state index contributed by atoms with van der Waals surface area (Å²) >= 11 is 0. The molecule has 1 heterocycles. The minimum atomic E-state index is -3.40. The van der Waals surface area contributed by atoms with Crippen LogP contribution in [0.15, 0.2) is 59.5 Å². The van der Waals surface area contributed by atoms with Crippen LogP contribution in [0, 0.1) is 0 Å². The van der Waals surface area contributed by atoms with E-state index in [1.165, 1.54) is 4.31 Å². The first-order valence-electron chi connectivity index (χ1n) is 9.25. The van der Waals surface area contributed by atoms with Crippen molar-refractivity contribution in [3.63, 3.8) is 0 Å². The van der Waals surface area contributed by atoms with Crippen LogP contribution in [0.3, 0.4) is 0 Å². The highest BCUT2D eigenvalue weighted by molar-refractivity contribution is 7.89. The molecule has 6 heteroatoms. The van der Waals surface area contributed by atoms with E-state index in [0.29, 0.717) is 24.5 Å². The highest BCUT2D eigenvalue weighted by atomic mass is 32.2. The molecule has 0 unspecified atom stereocenters. The molecule has 27 heavy (non-hydrogen) atoms. The van der Waals surface area contributed by atoms with Crippen LogP contribution in [0.5, 0.6) is 0 Å². The third-order valence-electron chi connectivity index (χ3n) is 5.14. The Morgan fingerprint density at radius 1 is 1.00 bits per heavy atom. The van der Waals surface area contributed by atoms with E-state index in [2.05, 4.69) is 5.32 Å². The predicted molar refractivity (Wildman–Crippen MR) is 106 cm³/mol. The van der Waals surface area contributed by atoms with Crippen molar-refractivity contribution in [2.24, 2.45) is 0 Å². The van der Waals surface area contributed by atoms with E-state index in [9.17, 15) is 13.2 Å². The summed E-state index contributed by atoms with van der Waals surface area (Å²) in [5, 5.41) is 2.95. The van der Waals surface area contributed by atoms with Crippen LogP contribution in [0.25, 0.3) is 0 Å². The predicted octanol–water partition coefficient (Wildman–Crippen LogP) is 3.07. The van der Waals surface area contributed by atoms with Crippen molar-refractivity contribution >= 4 is 15.9 Å². The number of amides is 1. The molecule has 5 nitrogen and oxygen atoms in total. The smallest absolute Gasteiger partial charge is 0.243 e. The maximum absolute atomic E-state index is 12.6. The van der Waals surface area contributed by atoms with Gasteiger partial charge in [0.15, 0.2) is 0 Å². The third kappa shape index (κ3) is 4.22. The third-order valence-corrected chi connectivity index (χ3v) is 7.06. The molecular formula is C21H26N2O3S. The van der Waals surface area contributed by atoms with Gasteiger partial charge in [0.2, 0.25) is 15.9 Å². The van der Waals surface area contributed by atoms with Crippen LogP contribution < -0.4 is 5.32 Å².